The standard InChI is InChI=1S/C15H23NO2/c1-11-6-8-13(9-7-11)18-10-12(2)16-14(17)15(3,4)5/h6-9,12H,10H2,1-5H3,(H,16,17)/t12-/m0/s1. The Labute approximate surface area is 110 Å². The van der Waals surface area contributed by atoms with E-state index < -0.39 is 0 Å². The third-order valence-corrected chi connectivity index (χ3v) is 2.58. The van der Waals surface area contributed by atoms with Gasteiger partial charge in [0.15, 0.2) is 0 Å². The first-order valence-electron chi connectivity index (χ1n) is 6.29. The van der Waals surface area contributed by atoms with E-state index in [9.17, 15) is 4.79 Å². The Morgan fingerprint density at radius 3 is 2.33 bits per heavy atom. The quantitative estimate of drug-likeness (QED) is 0.891. The number of benzene rings is 1. The van der Waals surface area contributed by atoms with E-state index >= 15 is 0 Å². The summed E-state index contributed by atoms with van der Waals surface area (Å²) in [4.78, 5) is 11.8. The summed E-state index contributed by atoms with van der Waals surface area (Å²) in [7, 11) is 0. The van der Waals surface area contributed by atoms with Gasteiger partial charge in [0.25, 0.3) is 0 Å². The van der Waals surface area contributed by atoms with Gasteiger partial charge >= 0.3 is 0 Å². The summed E-state index contributed by atoms with van der Waals surface area (Å²) in [6.45, 7) is 10.2. The molecule has 0 radical (unpaired) electrons. The molecule has 3 heteroatoms. The van der Waals surface area contributed by atoms with Gasteiger partial charge in [-0.25, -0.2) is 0 Å². The van der Waals surface area contributed by atoms with E-state index in [0.29, 0.717) is 6.61 Å². The minimum atomic E-state index is -0.363. The Morgan fingerprint density at radius 1 is 1.28 bits per heavy atom. The predicted octanol–water partition coefficient (Wildman–Crippen LogP) is 2.92. The molecular weight excluding hydrogens is 226 g/mol. The Balaban J connectivity index is 2.40. The smallest absolute Gasteiger partial charge is 0.225 e. The van der Waals surface area contributed by atoms with Crippen molar-refractivity contribution in [1.29, 1.82) is 0 Å². The maximum Gasteiger partial charge on any atom is 0.225 e. The molecule has 1 N–H and O–H groups in total. The number of hydrogen-bond acceptors (Lipinski definition) is 2. The minimum absolute atomic E-state index is 0.00183. The van der Waals surface area contributed by atoms with Crippen LogP contribution in [0.1, 0.15) is 33.3 Å². The highest BCUT2D eigenvalue weighted by Crippen LogP contribution is 2.14. The summed E-state index contributed by atoms with van der Waals surface area (Å²) in [5.41, 5.74) is 0.842. The molecule has 1 aromatic carbocycles. The molecule has 0 aliphatic heterocycles. The van der Waals surface area contributed by atoms with Crippen LogP contribution in [-0.4, -0.2) is 18.6 Å². The van der Waals surface area contributed by atoms with Crippen molar-refractivity contribution in [3.8, 4) is 5.75 Å². The van der Waals surface area contributed by atoms with Crippen LogP contribution in [0, 0.1) is 12.3 Å². The molecule has 1 aromatic rings. The van der Waals surface area contributed by atoms with E-state index in [1.807, 2.05) is 58.9 Å². The monoisotopic (exact) mass is 249 g/mol. The molecular formula is C15H23NO2. The highest BCUT2D eigenvalue weighted by Gasteiger charge is 2.22. The molecule has 0 aliphatic rings. The summed E-state index contributed by atoms with van der Waals surface area (Å²) in [6.07, 6.45) is 0. The number of nitrogens with one attached hydrogen (secondary N) is 1. The Bertz CT molecular complexity index is 390. The van der Waals surface area contributed by atoms with Crippen LogP contribution in [0.2, 0.25) is 0 Å². The summed E-state index contributed by atoms with van der Waals surface area (Å²) < 4.78 is 5.62. The van der Waals surface area contributed by atoms with E-state index in [4.69, 9.17) is 4.74 Å². The fraction of sp³-hybridized carbons (Fsp3) is 0.533. The molecule has 1 rings (SSSR count). The molecule has 1 amide bonds. The van der Waals surface area contributed by atoms with Gasteiger partial charge in [0.05, 0.1) is 6.04 Å². The Morgan fingerprint density at radius 2 is 1.83 bits per heavy atom. The minimum Gasteiger partial charge on any atom is -0.491 e. The molecule has 0 heterocycles. The van der Waals surface area contributed by atoms with E-state index in [1.54, 1.807) is 0 Å². The number of ether oxygens (including phenoxy) is 1. The summed E-state index contributed by atoms with van der Waals surface area (Å²) in [5, 5.41) is 2.94. The van der Waals surface area contributed by atoms with Crippen molar-refractivity contribution in [2.24, 2.45) is 5.41 Å². The van der Waals surface area contributed by atoms with Crippen molar-refractivity contribution in [1.82, 2.24) is 5.32 Å². The zero-order valence-electron chi connectivity index (χ0n) is 11.9. The van der Waals surface area contributed by atoms with E-state index in [2.05, 4.69) is 5.32 Å². The Kier molecular flexibility index (Phi) is 4.76. The van der Waals surface area contributed by atoms with E-state index in [-0.39, 0.29) is 17.4 Å². The van der Waals surface area contributed by atoms with Crippen molar-refractivity contribution in [2.75, 3.05) is 6.61 Å². The molecule has 0 aromatic heterocycles. The number of aryl methyl sites for hydroxylation is 1. The number of hydrogen-bond donors (Lipinski definition) is 1. The molecule has 3 nitrogen and oxygen atoms in total. The van der Waals surface area contributed by atoms with E-state index in [0.717, 1.165) is 5.75 Å². The van der Waals surface area contributed by atoms with Crippen LogP contribution in [0.25, 0.3) is 0 Å². The van der Waals surface area contributed by atoms with Gasteiger partial charge in [-0.15, -0.1) is 0 Å². The van der Waals surface area contributed by atoms with Gasteiger partial charge in [-0.05, 0) is 26.0 Å². The zero-order valence-corrected chi connectivity index (χ0v) is 11.9. The molecule has 100 valence electrons. The average molecular weight is 249 g/mol. The first-order chi connectivity index (χ1) is 8.29. The lowest BCUT2D eigenvalue weighted by molar-refractivity contribution is -0.129. The molecule has 0 saturated heterocycles. The van der Waals surface area contributed by atoms with Gasteiger partial charge in [0, 0.05) is 5.41 Å². The van der Waals surface area contributed by atoms with Gasteiger partial charge in [-0.2, -0.15) is 0 Å². The normalized spacial score (nSPS) is 12.9. The predicted molar refractivity (Wildman–Crippen MR) is 73.7 cm³/mol. The SMILES string of the molecule is Cc1ccc(OC[C@H](C)NC(=O)C(C)(C)C)cc1. The molecule has 1 atom stereocenters. The summed E-state index contributed by atoms with van der Waals surface area (Å²) >= 11 is 0. The second-order valence-corrected chi connectivity index (χ2v) is 5.75. The first kappa shape index (κ1) is 14.6. The van der Waals surface area contributed by atoms with Crippen LogP contribution in [-0.2, 0) is 4.79 Å². The molecule has 0 spiro atoms. The fourth-order valence-corrected chi connectivity index (χ4v) is 1.34. The summed E-state index contributed by atoms with van der Waals surface area (Å²) in [6, 6.07) is 7.89. The number of amides is 1. The van der Waals surface area contributed by atoms with Crippen molar-refractivity contribution in [3.05, 3.63) is 29.8 Å². The molecule has 0 bridgehead atoms. The van der Waals surface area contributed by atoms with Crippen molar-refractivity contribution < 1.29 is 9.53 Å². The number of carbonyl (C=O) groups is 1. The molecule has 0 saturated carbocycles. The highest BCUT2D eigenvalue weighted by molar-refractivity contribution is 5.81. The maximum absolute atomic E-state index is 11.8. The second-order valence-electron chi connectivity index (χ2n) is 5.75. The molecule has 18 heavy (non-hydrogen) atoms. The number of rotatable bonds is 4. The van der Waals surface area contributed by atoms with Crippen molar-refractivity contribution >= 4 is 5.91 Å². The number of carbonyl (C=O) groups excluding carboxylic acids is 1. The third kappa shape index (κ3) is 4.78. The van der Waals surface area contributed by atoms with Gasteiger partial charge in [-0.1, -0.05) is 38.5 Å². The van der Waals surface area contributed by atoms with Gasteiger partial charge in [-0.3, -0.25) is 4.79 Å². The zero-order chi connectivity index (χ0) is 13.8. The fourth-order valence-electron chi connectivity index (χ4n) is 1.34. The van der Waals surface area contributed by atoms with Crippen LogP contribution < -0.4 is 10.1 Å². The van der Waals surface area contributed by atoms with Gasteiger partial charge in [0.2, 0.25) is 5.91 Å². The first-order valence-corrected chi connectivity index (χ1v) is 6.29. The van der Waals surface area contributed by atoms with Crippen LogP contribution in [0.5, 0.6) is 5.75 Å². The van der Waals surface area contributed by atoms with Crippen LogP contribution in [0.4, 0.5) is 0 Å². The lowest BCUT2D eigenvalue weighted by Crippen LogP contribution is -2.42. The topological polar surface area (TPSA) is 38.3 Å². The maximum atomic E-state index is 11.8. The lowest BCUT2D eigenvalue weighted by atomic mass is 9.95. The molecule has 0 unspecified atom stereocenters. The van der Waals surface area contributed by atoms with Crippen molar-refractivity contribution in [3.63, 3.8) is 0 Å². The average Bonchev–Trinajstić information content (AvgIpc) is 2.27. The lowest BCUT2D eigenvalue weighted by Gasteiger charge is -2.22. The largest absolute Gasteiger partial charge is 0.491 e. The van der Waals surface area contributed by atoms with Crippen LogP contribution in [0.15, 0.2) is 24.3 Å². The molecule has 0 aliphatic carbocycles. The third-order valence-electron chi connectivity index (χ3n) is 2.58. The van der Waals surface area contributed by atoms with Gasteiger partial charge in [0.1, 0.15) is 12.4 Å². The van der Waals surface area contributed by atoms with Crippen LogP contribution >= 0.6 is 0 Å². The van der Waals surface area contributed by atoms with Crippen molar-refractivity contribution in [2.45, 2.75) is 40.7 Å². The van der Waals surface area contributed by atoms with E-state index in [1.165, 1.54) is 5.56 Å². The summed E-state index contributed by atoms with van der Waals surface area (Å²) in [5.74, 6) is 0.875. The Hall–Kier alpha value is -1.51. The van der Waals surface area contributed by atoms with Crippen LogP contribution in [0.3, 0.4) is 0 Å². The van der Waals surface area contributed by atoms with Gasteiger partial charge < -0.3 is 10.1 Å². The highest BCUT2D eigenvalue weighted by atomic mass is 16.5. The molecule has 0 fully saturated rings. The second kappa shape index (κ2) is 5.89.